The molecular formula is C18H13ClF3N3O2. The number of ether oxygens (including phenoxy) is 1. The Bertz CT molecular complexity index is 957. The molecule has 9 heteroatoms. The summed E-state index contributed by atoms with van der Waals surface area (Å²) in [4.78, 5) is 12.3. The molecule has 0 saturated carbocycles. The van der Waals surface area contributed by atoms with Gasteiger partial charge >= 0.3 is 6.18 Å². The predicted molar refractivity (Wildman–Crippen MR) is 94.5 cm³/mol. The molecule has 1 heterocycles. The topological polar surface area (TPSA) is 56.1 Å². The molecule has 1 aromatic heterocycles. The van der Waals surface area contributed by atoms with Crippen molar-refractivity contribution in [2.24, 2.45) is 0 Å². The highest BCUT2D eigenvalue weighted by Crippen LogP contribution is 2.22. The van der Waals surface area contributed by atoms with E-state index >= 15 is 0 Å². The molecule has 0 spiro atoms. The number of aromatic nitrogens is 2. The summed E-state index contributed by atoms with van der Waals surface area (Å²) in [5.41, 5.74) is 1.11. The first-order valence-corrected chi connectivity index (χ1v) is 8.10. The van der Waals surface area contributed by atoms with Crippen molar-refractivity contribution in [3.63, 3.8) is 0 Å². The van der Waals surface area contributed by atoms with Crippen molar-refractivity contribution in [1.82, 2.24) is 9.78 Å². The molecular weight excluding hydrogens is 383 g/mol. The summed E-state index contributed by atoms with van der Waals surface area (Å²) in [5, 5.41) is 7.28. The Hall–Kier alpha value is -3.00. The Morgan fingerprint density at radius 1 is 1.15 bits per heavy atom. The molecule has 0 aliphatic rings. The number of nitrogens with zero attached hydrogens (tertiary/aromatic N) is 2. The van der Waals surface area contributed by atoms with Crippen molar-refractivity contribution in [2.45, 2.75) is 6.18 Å². The normalized spacial score (nSPS) is 11.3. The van der Waals surface area contributed by atoms with Gasteiger partial charge in [-0.3, -0.25) is 4.79 Å². The molecule has 0 aliphatic heterocycles. The molecule has 2 aromatic carbocycles. The highest BCUT2D eigenvalue weighted by Gasteiger charge is 2.28. The van der Waals surface area contributed by atoms with Gasteiger partial charge in [-0.05, 0) is 36.4 Å². The van der Waals surface area contributed by atoms with Gasteiger partial charge in [0, 0.05) is 23.0 Å². The van der Waals surface area contributed by atoms with E-state index in [0.717, 1.165) is 0 Å². The van der Waals surface area contributed by atoms with Crippen LogP contribution in [-0.4, -0.2) is 28.5 Å². The fourth-order valence-corrected chi connectivity index (χ4v) is 2.42. The van der Waals surface area contributed by atoms with Crippen LogP contribution in [0.5, 0.6) is 5.75 Å². The summed E-state index contributed by atoms with van der Waals surface area (Å²) in [6, 6.07) is 14.1. The van der Waals surface area contributed by atoms with E-state index in [1.807, 2.05) is 0 Å². The number of anilines is 1. The van der Waals surface area contributed by atoms with Crippen LogP contribution in [0.2, 0.25) is 5.02 Å². The van der Waals surface area contributed by atoms with Gasteiger partial charge in [0.1, 0.15) is 5.75 Å². The highest BCUT2D eigenvalue weighted by molar-refractivity contribution is 6.30. The summed E-state index contributed by atoms with van der Waals surface area (Å²) in [7, 11) is 0. The molecule has 0 unspecified atom stereocenters. The zero-order valence-corrected chi connectivity index (χ0v) is 14.5. The SMILES string of the molecule is O=C(Nc1cccc(OCC(F)(F)F)c1)c1ccn(-c2cccc(Cl)c2)n1. The second-order valence-electron chi connectivity index (χ2n) is 5.51. The van der Waals surface area contributed by atoms with Gasteiger partial charge in [-0.25, -0.2) is 4.68 Å². The first-order chi connectivity index (χ1) is 12.8. The van der Waals surface area contributed by atoms with E-state index in [2.05, 4.69) is 15.2 Å². The van der Waals surface area contributed by atoms with Gasteiger partial charge in [-0.15, -0.1) is 0 Å². The third-order valence-electron chi connectivity index (χ3n) is 3.39. The number of benzene rings is 2. The average Bonchev–Trinajstić information content (AvgIpc) is 3.10. The van der Waals surface area contributed by atoms with Crippen LogP contribution in [0.3, 0.4) is 0 Å². The molecule has 140 valence electrons. The van der Waals surface area contributed by atoms with E-state index in [4.69, 9.17) is 11.6 Å². The minimum atomic E-state index is -4.44. The number of hydrogen-bond acceptors (Lipinski definition) is 3. The van der Waals surface area contributed by atoms with Crippen molar-refractivity contribution in [3.8, 4) is 11.4 Å². The summed E-state index contributed by atoms with van der Waals surface area (Å²) in [6.45, 7) is -1.41. The lowest BCUT2D eigenvalue weighted by Gasteiger charge is -2.10. The van der Waals surface area contributed by atoms with Gasteiger partial charge in [0.15, 0.2) is 12.3 Å². The number of carbonyl (C=O) groups excluding carboxylic acids is 1. The Balaban J connectivity index is 1.69. The molecule has 0 atom stereocenters. The van der Waals surface area contributed by atoms with Crippen LogP contribution >= 0.6 is 11.6 Å². The van der Waals surface area contributed by atoms with Gasteiger partial charge in [0.2, 0.25) is 0 Å². The van der Waals surface area contributed by atoms with Gasteiger partial charge in [0.25, 0.3) is 5.91 Å². The first kappa shape index (κ1) is 18.8. The standard InChI is InChI=1S/C18H13ClF3N3O2/c19-12-3-1-5-14(9-12)25-8-7-16(24-25)17(26)23-13-4-2-6-15(10-13)27-11-18(20,21)22/h1-10H,11H2,(H,23,26). The monoisotopic (exact) mass is 395 g/mol. The largest absolute Gasteiger partial charge is 0.484 e. The molecule has 0 fully saturated rings. The minimum Gasteiger partial charge on any atom is -0.484 e. The average molecular weight is 396 g/mol. The molecule has 0 radical (unpaired) electrons. The van der Waals surface area contributed by atoms with Gasteiger partial charge in [-0.1, -0.05) is 23.7 Å². The lowest BCUT2D eigenvalue weighted by atomic mass is 10.3. The molecule has 0 aliphatic carbocycles. The van der Waals surface area contributed by atoms with Crippen molar-refractivity contribution in [2.75, 3.05) is 11.9 Å². The molecule has 27 heavy (non-hydrogen) atoms. The van der Waals surface area contributed by atoms with Crippen LogP contribution in [0.4, 0.5) is 18.9 Å². The first-order valence-electron chi connectivity index (χ1n) is 7.73. The number of nitrogens with one attached hydrogen (secondary N) is 1. The van der Waals surface area contributed by atoms with Crippen LogP contribution in [0.1, 0.15) is 10.5 Å². The third-order valence-corrected chi connectivity index (χ3v) is 3.62. The summed E-state index contributed by atoms with van der Waals surface area (Å²) >= 11 is 5.94. The van der Waals surface area contributed by atoms with Crippen molar-refractivity contribution >= 4 is 23.2 Å². The van der Waals surface area contributed by atoms with Crippen LogP contribution in [0.25, 0.3) is 5.69 Å². The number of amides is 1. The number of halogens is 4. The number of hydrogen-bond donors (Lipinski definition) is 1. The molecule has 3 aromatic rings. The molecule has 3 rings (SSSR count). The Morgan fingerprint density at radius 2 is 1.93 bits per heavy atom. The smallest absolute Gasteiger partial charge is 0.422 e. The lowest BCUT2D eigenvalue weighted by molar-refractivity contribution is -0.153. The predicted octanol–water partition coefficient (Wildman–Crippen LogP) is 4.72. The van der Waals surface area contributed by atoms with Gasteiger partial charge in [0.05, 0.1) is 5.69 Å². The van der Waals surface area contributed by atoms with Crippen LogP contribution in [0.15, 0.2) is 60.8 Å². The van der Waals surface area contributed by atoms with E-state index in [9.17, 15) is 18.0 Å². The molecule has 0 saturated heterocycles. The van der Waals surface area contributed by atoms with Crippen LogP contribution < -0.4 is 10.1 Å². The highest BCUT2D eigenvalue weighted by atomic mass is 35.5. The van der Waals surface area contributed by atoms with E-state index in [1.165, 1.54) is 35.0 Å². The van der Waals surface area contributed by atoms with Gasteiger partial charge in [-0.2, -0.15) is 18.3 Å². The van der Waals surface area contributed by atoms with Crippen molar-refractivity contribution in [3.05, 3.63) is 71.5 Å². The summed E-state index contributed by atoms with van der Waals surface area (Å²) < 4.78 is 42.8. The number of alkyl halides is 3. The maximum Gasteiger partial charge on any atom is 0.422 e. The maximum absolute atomic E-state index is 12.3. The lowest BCUT2D eigenvalue weighted by Crippen LogP contribution is -2.19. The second kappa shape index (κ2) is 7.71. The molecule has 1 N–H and O–H groups in total. The van der Waals surface area contributed by atoms with Crippen molar-refractivity contribution < 1.29 is 22.7 Å². The second-order valence-corrected chi connectivity index (χ2v) is 5.95. The number of rotatable bonds is 5. The Labute approximate surface area is 157 Å². The van der Waals surface area contributed by atoms with Crippen molar-refractivity contribution in [1.29, 1.82) is 0 Å². The van der Waals surface area contributed by atoms with E-state index in [-0.39, 0.29) is 17.1 Å². The molecule has 5 nitrogen and oxygen atoms in total. The zero-order valence-electron chi connectivity index (χ0n) is 13.7. The number of carbonyl (C=O) groups is 1. The molecule has 1 amide bonds. The van der Waals surface area contributed by atoms with Crippen LogP contribution in [0, 0.1) is 0 Å². The van der Waals surface area contributed by atoms with E-state index in [1.54, 1.807) is 30.5 Å². The quantitative estimate of drug-likeness (QED) is 0.680. The van der Waals surface area contributed by atoms with Gasteiger partial charge < -0.3 is 10.1 Å². The fourth-order valence-electron chi connectivity index (χ4n) is 2.23. The summed E-state index contributed by atoms with van der Waals surface area (Å²) in [6.07, 6.45) is -2.84. The zero-order chi connectivity index (χ0) is 19.4. The maximum atomic E-state index is 12.3. The fraction of sp³-hybridized carbons (Fsp3) is 0.111. The minimum absolute atomic E-state index is 0.00502. The molecule has 0 bridgehead atoms. The van der Waals surface area contributed by atoms with Crippen LogP contribution in [-0.2, 0) is 0 Å². The Kier molecular flexibility index (Phi) is 5.36. The Morgan fingerprint density at radius 3 is 2.67 bits per heavy atom. The van der Waals surface area contributed by atoms with E-state index in [0.29, 0.717) is 10.7 Å². The summed E-state index contributed by atoms with van der Waals surface area (Å²) in [5.74, 6) is -0.515. The third kappa shape index (κ3) is 5.24. The van der Waals surface area contributed by atoms with E-state index < -0.39 is 18.7 Å².